The lowest BCUT2D eigenvalue weighted by Gasteiger charge is -2.13. The highest BCUT2D eigenvalue weighted by molar-refractivity contribution is 6.04. The number of rotatable bonds is 5. The van der Waals surface area contributed by atoms with E-state index >= 15 is 0 Å². The number of benzene rings is 1. The lowest BCUT2D eigenvalue weighted by Crippen LogP contribution is -2.11. The van der Waals surface area contributed by atoms with Crippen molar-refractivity contribution in [2.24, 2.45) is 0 Å². The number of furan rings is 1. The van der Waals surface area contributed by atoms with Crippen molar-refractivity contribution in [1.29, 1.82) is 0 Å². The van der Waals surface area contributed by atoms with E-state index in [0.29, 0.717) is 28.9 Å². The van der Waals surface area contributed by atoms with Gasteiger partial charge >= 0.3 is 5.97 Å². The molecule has 118 valence electrons. The first-order valence-electron chi connectivity index (χ1n) is 7.20. The maximum atomic E-state index is 13.6. The van der Waals surface area contributed by atoms with Gasteiger partial charge in [0.25, 0.3) is 0 Å². The molecule has 3 rings (SSSR count). The number of pyridine rings is 1. The maximum absolute atomic E-state index is 13.6. The second kappa shape index (κ2) is 6.48. The van der Waals surface area contributed by atoms with Gasteiger partial charge in [-0.3, -0.25) is 4.98 Å². The molecular weight excluding hydrogens is 299 g/mol. The molecule has 1 N–H and O–H groups in total. The second-order valence-corrected chi connectivity index (χ2v) is 4.86. The topological polar surface area (TPSA) is 64.4 Å². The summed E-state index contributed by atoms with van der Waals surface area (Å²) < 4.78 is 23.9. The smallest absolute Gasteiger partial charge is 0.341 e. The first-order valence-corrected chi connectivity index (χ1v) is 7.20. The largest absolute Gasteiger partial charge is 0.467 e. The van der Waals surface area contributed by atoms with E-state index in [1.165, 1.54) is 18.3 Å². The van der Waals surface area contributed by atoms with Gasteiger partial charge in [-0.2, -0.15) is 0 Å². The number of hydrogen-bond acceptors (Lipinski definition) is 5. The highest BCUT2D eigenvalue weighted by Crippen LogP contribution is 2.28. The summed E-state index contributed by atoms with van der Waals surface area (Å²) in [7, 11) is 0. The summed E-state index contributed by atoms with van der Waals surface area (Å²) in [4.78, 5) is 16.3. The molecule has 6 heteroatoms. The summed E-state index contributed by atoms with van der Waals surface area (Å²) in [6, 6.07) is 7.82. The van der Waals surface area contributed by atoms with Crippen LogP contribution < -0.4 is 5.32 Å². The minimum Gasteiger partial charge on any atom is -0.467 e. The third-order valence-electron chi connectivity index (χ3n) is 3.34. The van der Waals surface area contributed by atoms with Gasteiger partial charge < -0.3 is 14.5 Å². The molecule has 0 radical (unpaired) electrons. The number of ether oxygens (including phenoxy) is 1. The third-order valence-corrected chi connectivity index (χ3v) is 3.34. The van der Waals surface area contributed by atoms with E-state index in [1.54, 1.807) is 31.4 Å². The van der Waals surface area contributed by atoms with Gasteiger partial charge in [0, 0.05) is 11.6 Å². The summed E-state index contributed by atoms with van der Waals surface area (Å²) in [5.41, 5.74) is 1.32. The van der Waals surface area contributed by atoms with Crippen molar-refractivity contribution in [3.8, 4) is 0 Å². The normalized spacial score (nSPS) is 10.7. The zero-order chi connectivity index (χ0) is 16.2. The highest BCUT2D eigenvalue weighted by Gasteiger charge is 2.17. The number of aromatic nitrogens is 1. The Bertz CT molecular complexity index is 831. The van der Waals surface area contributed by atoms with Gasteiger partial charge in [-0.1, -0.05) is 0 Å². The Morgan fingerprint density at radius 2 is 2.26 bits per heavy atom. The van der Waals surface area contributed by atoms with Crippen LogP contribution in [0.2, 0.25) is 0 Å². The monoisotopic (exact) mass is 314 g/mol. The fraction of sp³-hybridized carbons (Fsp3) is 0.176. The minimum absolute atomic E-state index is 0.248. The predicted molar refractivity (Wildman–Crippen MR) is 83.7 cm³/mol. The first-order chi connectivity index (χ1) is 11.2. The first kappa shape index (κ1) is 15.0. The van der Waals surface area contributed by atoms with E-state index in [0.717, 1.165) is 0 Å². The summed E-state index contributed by atoms with van der Waals surface area (Å²) in [5.74, 6) is -0.212. The van der Waals surface area contributed by atoms with Crippen LogP contribution in [0, 0.1) is 5.82 Å². The molecule has 0 aliphatic carbocycles. The van der Waals surface area contributed by atoms with Gasteiger partial charge in [0.1, 0.15) is 17.1 Å². The number of halogens is 1. The summed E-state index contributed by atoms with van der Waals surface area (Å²) in [6.45, 7) is 2.33. The summed E-state index contributed by atoms with van der Waals surface area (Å²) in [5, 5.41) is 3.64. The van der Waals surface area contributed by atoms with Gasteiger partial charge in [0.15, 0.2) is 0 Å². The molecular formula is C17H15FN2O3. The lowest BCUT2D eigenvalue weighted by molar-refractivity contribution is 0.0527. The average molecular weight is 314 g/mol. The second-order valence-electron chi connectivity index (χ2n) is 4.86. The molecule has 0 unspecified atom stereocenters. The molecule has 3 aromatic rings. The number of esters is 1. The Hall–Kier alpha value is -2.89. The van der Waals surface area contributed by atoms with Gasteiger partial charge in [-0.15, -0.1) is 0 Å². The Balaban J connectivity index is 2.06. The van der Waals surface area contributed by atoms with E-state index in [1.807, 2.05) is 0 Å². The van der Waals surface area contributed by atoms with E-state index in [2.05, 4.69) is 10.3 Å². The van der Waals surface area contributed by atoms with Crippen LogP contribution in [0.3, 0.4) is 0 Å². The van der Waals surface area contributed by atoms with Gasteiger partial charge in [-0.05, 0) is 37.3 Å². The van der Waals surface area contributed by atoms with Crippen LogP contribution in [0.15, 0.2) is 47.2 Å². The standard InChI is InChI=1S/C17H15FN2O3/c1-2-22-17(21)14-10-19-15-6-5-11(18)8-13(15)16(14)20-9-12-4-3-7-23-12/h3-8,10H,2,9H2,1H3,(H,19,20). The molecule has 0 aliphatic heterocycles. The molecule has 0 fully saturated rings. The summed E-state index contributed by atoms with van der Waals surface area (Å²) >= 11 is 0. The van der Waals surface area contributed by atoms with Crippen LogP contribution in [-0.4, -0.2) is 17.6 Å². The number of nitrogens with zero attached hydrogens (tertiary/aromatic N) is 1. The van der Waals surface area contributed by atoms with Crippen molar-refractivity contribution in [3.63, 3.8) is 0 Å². The van der Waals surface area contributed by atoms with Gasteiger partial charge in [-0.25, -0.2) is 9.18 Å². The fourth-order valence-electron chi connectivity index (χ4n) is 2.31. The molecule has 0 saturated carbocycles. The van der Waals surface area contributed by atoms with Gasteiger partial charge in [0.2, 0.25) is 0 Å². The lowest BCUT2D eigenvalue weighted by atomic mass is 10.1. The van der Waals surface area contributed by atoms with Crippen molar-refractivity contribution >= 4 is 22.6 Å². The fourth-order valence-corrected chi connectivity index (χ4v) is 2.31. The molecule has 0 amide bonds. The number of nitrogens with one attached hydrogen (secondary N) is 1. The Labute approximate surface area is 132 Å². The summed E-state index contributed by atoms with van der Waals surface area (Å²) in [6.07, 6.45) is 3.00. The van der Waals surface area contributed by atoms with Crippen molar-refractivity contribution in [2.75, 3.05) is 11.9 Å². The number of carbonyl (C=O) groups excluding carboxylic acids is 1. The number of hydrogen-bond donors (Lipinski definition) is 1. The quantitative estimate of drug-likeness (QED) is 0.727. The predicted octanol–water partition coefficient (Wildman–Crippen LogP) is 3.76. The van der Waals surface area contributed by atoms with Crippen molar-refractivity contribution < 1.29 is 18.3 Å². The van der Waals surface area contributed by atoms with Crippen LogP contribution in [-0.2, 0) is 11.3 Å². The molecule has 0 atom stereocenters. The van der Waals surface area contributed by atoms with E-state index in [-0.39, 0.29) is 12.2 Å². The van der Waals surface area contributed by atoms with E-state index in [9.17, 15) is 9.18 Å². The van der Waals surface area contributed by atoms with Crippen LogP contribution in [0.5, 0.6) is 0 Å². The molecule has 23 heavy (non-hydrogen) atoms. The molecule has 5 nitrogen and oxygen atoms in total. The third kappa shape index (κ3) is 3.15. The van der Waals surface area contributed by atoms with Crippen LogP contribution >= 0.6 is 0 Å². The van der Waals surface area contributed by atoms with Gasteiger partial charge in [0.05, 0.1) is 30.6 Å². The Kier molecular flexibility index (Phi) is 4.23. The Morgan fingerprint density at radius 1 is 1.39 bits per heavy atom. The van der Waals surface area contributed by atoms with Crippen LogP contribution in [0.25, 0.3) is 10.9 Å². The molecule has 0 bridgehead atoms. The van der Waals surface area contributed by atoms with Crippen LogP contribution in [0.1, 0.15) is 23.0 Å². The number of anilines is 1. The van der Waals surface area contributed by atoms with E-state index in [4.69, 9.17) is 9.15 Å². The molecule has 2 aromatic heterocycles. The van der Waals surface area contributed by atoms with Crippen molar-refractivity contribution in [1.82, 2.24) is 4.98 Å². The Morgan fingerprint density at radius 3 is 3.00 bits per heavy atom. The zero-order valence-electron chi connectivity index (χ0n) is 12.5. The molecule has 0 spiro atoms. The highest BCUT2D eigenvalue weighted by atomic mass is 19.1. The minimum atomic E-state index is -0.506. The molecule has 0 aliphatic rings. The maximum Gasteiger partial charge on any atom is 0.341 e. The molecule has 0 saturated heterocycles. The molecule has 1 aromatic carbocycles. The number of carbonyl (C=O) groups is 1. The van der Waals surface area contributed by atoms with Crippen molar-refractivity contribution in [2.45, 2.75) is 13.5 Å². The SMILES string of the molecule is CCOC(=O)c1cnc2ccc(F)cc2c1NCc1ccco1. The van der Waals surface area contributed by atoms with Crippen molar-refractivity contribution in [3.05, 3.63) is 59.9 Å². The van der Waals surface area contributed by atoms with E-state index < -0.39 is 11.8 Å². The number of fused-ring (bicyclic) bond motifs is 1. The zero-order valence-corrected chi connectivity index (χ0v) is 12.5. The average Bonchev–Trinajstić information content (AvgIpc) is 3.06. The van der Waals surface area contributed by atoms with Crippen LogP contribution in [0.4, 0.5) is 10.1 Å². The molecule has 2 heterocycles.